The Morgan fingerprint density at radius 3 is 2.11 bits per heavy atom. The predicted molar refractivity (Wildman–Crippen MR) is 225 cm³/mol. The molecule has 6 rings (SSSR count). The third-order valence-corrected chi connectivity index (χ3v) is 9.91. The monoisotopic (exact) mass is 779 g/mol. The molecule has 7 nitrogen and oxygen atoms in total. The largest absolute Gasteiger partial charge is 0.493 e. The standard InChI is InChI=1S/C46H50ClN3O4.ClH/c1-4-5-6-36-15-18-41(19-16-36)52-28-23-37-11-13-38(14-12-37)32-49-24-26-50(27-25-49)45(51)22-17-40-29-35(3)46(43(47)30-40)54-44-21-20-42(31-48-44)53-33-39-9-7-34(2)8-10-39;/h7-22,29-31H,4-6,23-28,32-33H2,1-3H3;1H. The van der Waals surface area contributed by atoms with Gasteiger partial charge in [-0.1, -0.05) is 91.2 Å². The van der Waals surface area contributed by atoms with Gasteiger partial charge in [0.05, 0.1) is 17.8 Å². The molecule has 9 heteroatoms. The Balaban J connectivity index is 0.00000580. The van der Waals surface area contributed by atoms with Gasteiger partial charge >= 0.3 is 0 Å². The molecule has 0 radical (unpaired) electrons. The normalized spacial score (nSPS) is 13.1. The lowest BCUT2D eigenvalue weighted by atomic mass is 10.1. The highest BCUT2D eigenvalue weighted by Crippen LogP contribution is 2.34. The van der Waals surface area contributed by atoms with E-state index >= 15 is 0 Å². The average Bonchev–Trinajstić information content (AvgIpc) is 3.19. The number of halogens is 2. The molecule has 1 saturated heterocycles. The van der Waals surface area contributed by atoms with Gasteiger partial charge in [0.2, 0.25) is 11.8 Å². The molecular formula is C46H51Cl2N3O4. The minimum atomic E-state index is -0.00310. The Hall–Kier alpha value is -4.82. The summed E-state index contributed by atoms with van der Waals surface area (Å²) in [4.78, 5) is 21.8. The van der Waals surface area contributed by atoms with Crippen LogP contribution in [0.25, 0.3) is 6.08 Å². The minimum Gasteiger partial charge on any atom is -0.493 e. The Kier molecular flexibility index (Phi) is 15.6. The first-order valence-corrected chi connectivity index (χ1v) is 19.3. The maximum Gasteiger partial charge on any atom is 0.246 e. The number of ether oxygens (including phenoxy) is 3. The third-order valence-electron chi connectivity index (χ3n) is 9.63. The summed E-state index contributed by atoms with van der Waals surface area (Å²) in [6.07, 6.45) is 9.50. The summed E-state index contributed by atoms with van der Waals surface area (Å²) in [6.45, 7) is 11.2. The maximum absolute atomic E-state index is 13.1. The fraction of sp³-hybridized carbons (Fsp3) is 0.304. The van der Waals surface area contributed by atoms with Gasteiger partial charge < -0.3 is 19.1 Å². The lowest BCUT2D eigenvalue weighted by Gasteiger charge is -2.34. The molecule has 0 bridgehead atoms. The van der Waals surface area contributed by atoms with Crippen LogP contribution in [0.5, 0.6) is 23.1 Å². The molecule has 0 saturated carbocycles. The smallest absolute Gasteiger partial charge is 0.246 e. The van der Waals surface area contributed by atoms with Gasteiger partial charge in [-0.25, -0.2) is 4.98 Å². The maximum atomic E-state index is 13.1. The van der Waals surface area contributed by atoms with Crippen molar-refractivity contribution in [1.82, 2.24) is 14.8 Å². The van der Waals surface area contributed by atoms with Gasteiger partial charge in [-0.05, 0) is 96.5 Å². The SMILES string of the molecule is CCCCc1ccc(OCCc2ccc(CN3CCN(C(=O)C=Cc4cc(C)c(Oc5ccc(OCc6ccc(C)cc6)cn5)c(Cl)c4)CC3)cc2)cc1.Cl. The number of aryl methyl sites for hydroxylation is 3. The first-order chi connectivity index (χ1) is 26.3. The van der Waals surface area contributed by atoms with E-state index in [0.717, 1.165) is 54.9 Å². The van der Waals surface area contributed by atoms with Crippen LogP contribution in [0.2, 0.25) is 5.02 Å². The number of carbonyl (C=O) groups is 1. The summed E-state index contributed by atoms with van der Waals surface area (Å²) in [5.74, 6) is 2.52. The van der Waals surface area contributed by atoms with Gasteiger partial charge in [-0.3, -0.25) is 9.69 Å². The van der Waals surface area contributed by atoms with Crippen LogP contribution in [-0.2, 0) is 30.8 Å². The van der Waals surface area contributed by atoms with Crippen molar-refractivity contribution in [3.8, 4) is 23.1 Å². The summed E-state index contributed by atoms with van der Waals surface area (Å²) < 4.78 is 17.9. The van der Waals surface area contributed by atoms with E-state index in [4.69, 9.17) is 25.8 Å². The molecule has 0 aliphatic carbocycles. The Bertz CT molecular complexity index is 1950. The van der Waals surface area contributed by atoms with Gasteiger partial charge in [-0.2, -0.15) is 0 Å². The van der Waals surface area contributed by atoms with E-state index in [2.05, 4.69) is 96.5 Å². The van der Waals surface area contributed by atoms with E-state index in [1.165, 1.54) is 35.1 Å². The fourth-order valence-corrected chi connectivity index (χ4v) is 6.65. The summed E-state index contributed by atoms with van der Waals surface area (Å²) in [6, 6.07) is 32.9. The zero-order valence-electron chi connectivity index (χ0n) is 32.0. The number of pyridine rings is 1. The van der Waals surface area contributed by atoms with Gasteiger partial charge in [-0.15, -0.1) is 12.4 Å². The molecule has 1 aliphatic rings. The molecule has 4 aromatic carbocycles. The van der Waals surface area contributed by atoms with Crippen molar-refractivity contribution in [3.63, 3.8) is 0 Å². The third kappa shape index (κ3) is 12.6. The Morgan fingerprint density at radius 1 is 0.782 bits per heavy atom. The highest BCUT2D eigenvalue weighted by Gasteiger charge is 2.20. The minimum absolute atomic E-state index is 0. The molecule has 2 heterocycles. The topological polar surface area (TPSA) is 64.1 Å². The van der Waals surface area contributed by atoms with Crippen molar-refractivity contribution in [1.29, 1.82) is 0 Å². The number of rotatable bonds is 16. The number of amides is 1. The summed E-state index contributed by atoms with van der Waals surface area (Å²) in [5.41, 5.74) is 7.88. The van der Waals surface area contributed by atoms with E-state index in [0.29, 0.717) is 48.7 Å². The highest BCUT2D eigenvalue weighted by atomic mass is 35.5. The number of aromatic nitrogens is 1. The van der Waals surface area contributed by atoms with Gasteiger partial charge in [0.25, 0.3) is 0 Å². The van der Waals surface area contributed by atoms with Crippen LogP contribution in [0.1, 0.15) is 58.7 Å². The molecule has 1 aromatic heterocycles. The van der Waals surface area contributed by atoms with E-state index < -0.39 is 0 Å². The van der Waals surface area contributed by atoms with Gasteiger partial charge in [0.1, 0.15) is 18.1 Å². The second-order valence-electron chi connectivity index (χ2n) is 14.0. The summed E-state index contributed by atoms with van der Waals surface area (Å²) in [7, 11) is 0. The molecule has 5 aromatic rings. The van der Waals surface area contributed by atoms with Gasteiger partial charge in [0, 0.05) is 51.3 Å². The van der Waals surface area contributed by atoms with Crippen molar-refractivity contribution in [2.45, 2.75) is 59.6 Å². The summed E-state index contributed by atoms with van der Waals surface area (Å²) in [5, 5.41) is 0.446. The first kappa shape index (κ1) is 41.3. The Morgan fingerprint density at radius 2 is 1.44 bits per heavy atom. The van der Waals surface area contributed by atoms with Crippen LogP contribution in [-0.4, -0.2) is 53.5 Å². The van der Waals surface area contributed by atoms with E-state index in [9.17, 15) is 4.79 Å². The lowest BCUT2D eigenvalue weighted by molar-refractivity contribution is -0.127. The zero-order chi connectivity index (χ0) is 37.7. The summed E-state index contributed by atoms with van der Waals surface area (Å²) >= 11 is 6.64. The second kappa shape index (κ2) is 20.7. The molecule has 0 N–H and O–H groups in total. The predicted octanol–water partition coefficient (Wildman–Crippen LogP) is 10.5. The quantitative estimate of drug-likeness (QED) is 0.0930. The molecular weight excluding hydrogens is 729 g/mol. The van der Waals surface area contributed by atoms with Crippen molar-refractivity contribution in [3.05, 3.63) is 153 Å². The van der Waals surface area contributed by atoms with E-state index in [-0.39, 0.29) is 18.3 Å². The van der Waals surface area contributed by atoms with Crippen LogP contribution in [0.3, 0.4) is 0 Å². The number of unbranched alkanes of at least 4 members (excludes halogenated alkanes) is 1. The van der Waals surface area contributed by atoms with Gasteiger partial charge in [0.15, 0.2) is 5.75 Å². The van der Waals surface area contributed by atoms with E-state index in [1.807, 2.05) is 30.0 Å². The van der Waals surface area contributed by atoms with Crippen molar-refractivity contribution in [2.75, 3.05) is 32.8 Å². The van der Waals surface area contributed by atoms with Crippen LogP contribution in [0.4, 0.5) is 0 Å². The molecule has 0 atom stereocenters. The van der Waals surface area contributed by atoms with Crippen molar-refractivity contribution in [2.24, 2.45) is 0 Å². The average molecular weight is 781 g/mol. The number of nitrogens with zero attached hydrogens (tertiary/aromatic N) is 3. The number of hydrogen-bond donors (Lipinski definition) is 0. The van der Waals surface area contributed by atoms with E-state index in [1.54, 1.807) is 24.4 Å². The molecule has 55 heavy (non-hydrogen) atoms. The number of piperazine rings is 1. The van der Waals surface area contributed by atoms with Crippen molar-refractivity contribution >= 4 is 36.0 Å². The number of carbonyl (C=O) groups excluding carboxylic acids is 1. The fourth-order valence-electron chi connectivity index (χ4n) is 6.34. The van der Waals surface area contributed by atoms with Crippen LogP contribution in [0.15, 0.2) is 109 Å². The van der Waals surface area contributed by atoms with Crippen LogP contribution in [0, 0.1) is 13.8 Å². The lowest BCUT2D eigenvalue weighted by Crippen LogP contribution is -2.47. The molecule has 1 amide bonds. The van der Waals surface area contributed by atoms with Crippen LogP contribution >= 0.6 is 24.0 Å². The Labute approximate surface area is 337 Å². The molecule has 0 unspecified atom stereocenters. The van der Waals surface area contributed by atoms with Crippen LogP contribution < -0.4 is 14.2 Å². The molecule has 288 valence electrons. The molecule has 1 fully saturated rings. The second-order valence-corrected chi connectivity index (χ2v) is 14.4. The zero-order valence-corrected chi connectivity index (χ0v) is 33.6. The number of hydrogen-bond acceptors (Lipinski definition) is 6. The number of benzene rings is 4. The molecule has 1 aliphatic heterocycles. The molecule has 0 spiro atoms. The van der Waals surface area contributed by atoms with Crippen molar-refractivity contribution < 1.29 is 19.0 Å². The highest BCUT2D eigenvalue weighted by molar-refractivity contribution is 6.32. The first-order valence-electron chi connectivity index (χ1n) is 18.9.